The summed E-state index contributed by atoms with van der Waals surface area (Å²) in [7, 11) is 0. The molecule has 1 aliphatic heterocycles. The topological polar surface area (TPSA) is 69.6 Å². The van der Waals surface area contributed by atoms with Crippen molar-refractivity contribution in [2.24, 2.45) is 0 Å². The van der Waals surface area contributed by atoms with Crippen molar-refractivity contribution >= 4 is 11.9 Å². The Labute approximate surface area is 153 Å². The smallest absolute Gasteiger partial charge is 0.326 e. The predicted molar refractivity (Wildman–Crippen MR) is 99.6 cm³/mol. The number of benzene rings is 2. The van der Waals surface area contributed by atoms with Gasteiger partial charge in [-0.1, -0.05) is 60.7 Å². The zero-order chi connectivity index (χ0) is 18.4. The van der Waals surface area contributed by atoms with Gasteiger partial charge in [-0.25, -0.2) is 4.79 Å². The number of aliphatic carboxylic acids is 1. The number of nitrogens with one attached hydrogen (secondary N) is 1. The molecular weight excluding hydrogens is 328 g/mol. The highest BCUT2D eigenvalue weighted by atomic mass is 16.4. The molecule has 1 aliphatic rings. The number of hydrogen-bond donors (Lipinski definition) is 2. The van der Waals surface area contributed by atoms with Gasteiger partial charge >= 0.3 is 5.97 Å². The van der Waals surface area contributed by atoms with E-state index in [2.05, 4.69) is 5.32 Å². The minimum atomic E-state index is -0.929. The molecule has 0 aromatic heterocycles. The molecule has 5 nitrogen and oxygen atoms in total. The Bertz CT molecular complexity index is 733. The molecule has 136 valence electrons. The van der Waals surface area contributed by atoms with Crippen LogP contribution in [0.15, 0.2) is 60.7 Å². The second kappa shape index (κ2) is 8.63. The Morgan fingerprint density at radius 2 is 1.62 bits per heavy atom. The minimum absolute atomic E-state index is 0.00279. The first-order valence-electron chi connectivity index (χ1n) is 8.97. The predicted octanol–water partition coefficient (Wildman–Crippen LogP) is 2.46. The highest BCUT2D eigenvalue weighted by Crippen LogP contribution is 2.20. The average Bonchev–Trinajstić information content (AvgIpc) is 3.11. The van der Waals surface area contributed by atoms with Gasteiger partial charge in [0, 0.05) is 25.6 Å². The van der Waals surface area contributed by atoms with Gasteiger partial charge in [0.05, 0.1) is 0 Å². The number of aryl methyl sites for hydroxylation is 1. The third kappa shape index (κ3) is 4.70. The number of hydrogen-bond acceptors (Lipinski definition) is 3. The van der Waals surface area contributed by atoms with Crippen LogP contribution in [0, 0.1) is 0 Å². The molecule has 1 amide bonds. The summed E-state index contributed by atoms with van der Waals surface area (Å²) in [4.78, 5) is 25.7. The molecule has 1 saturated heterocycles. The van der Waals surface area contributed by atoms with Crippen LogP contribution < -0.4 is 5.32 Å². The number of amides is 1. The molecule has 0 spiro atoms. The van der Waals surface area contributed by atoms with Crippen molar-refractivity contribution in [3.63, 3.8) is 0 Å². The molecule has 0 radical (unpaired) electrons. The second-order valence-electron chi connectivity index (χ2n) is 6.68. The zero-order valence-electron chi connectivity index (χ0n) is 14.7. The van der Waals surface area contributed by atoms with Crippen molar-refractivity contribution in [3.05, 3.63) is 71.8 Å². The monoisotopic (exact) mass is 352 g/mol. The average molecular weight is 352 g/mol. The van der Waals surface area contributed by atoms with E-state index < -0.39 is 12.0 Å². The van der Waals surface area contributed by atoms with Crippen LogP contribution in [0.2, 0.25) is 0 Å². The molecule has 3 rings (SSSR count). The summed E-state index contributed by atoms with van der Waals surface area (Å²) < 4.78 is 0. The van der Waals surface area contributed by atoms with Crippen LogP contribution in [0.3, 0.4) is 0 Å². The first-order chi connectivity index (χ1) is 12.6. The van der Waals surface area contributed by atoms with Gasteiger partial charge in [0.25, 0.3) is 0 Å². The van der Waals surface area contributed by atoms with Crippen molar-refractivity contribution in [2.75, 3.05) is 6.54 Å². The third-order valence-electron chi connectivity index (χ3n) is 4.81. The fourth-order valence-electron chi connectivity index (χ4n) is 3.39. The molecule has 2 N–H and O–H groups in total. The highest BCUT2D eigenvalue weighted by Gasteiger charge is 2.39. The summed E-state index contributed by atoms with van der Waals surface area (Å²) in [5.74, 6) is -1.02. The molecule has 0 unspecified atom stereocenters. The second-order valence-corrected chi connectivity index (χ2v) is 6.68. The summed E-state index contributed by atoms with van der Waals surface area (Å²) in [6, 6.07) is 19.0. The van der Waals surface area contributed by atoms with E-state index >= 15 is 0 Å². The number of carbonyl (C=O) groups excluding carboxylic acids is 1. The number of nitrogens with zero attached hydrogens (tertiary/aromatic N) is 1. The van der Waals surface area contributed by atoms with E-state index in [1.54, 1.807) is 0 Å². The van der Waals surface area contributed by atoms with Crippen molar-refractivity contribution in [1.82, 2.24) is 10.2 Å². The molecule has 2 aromatic carbocycles. The zero-order valence-corrected chi connectivity index (χ0v) is 14.7. The van der Waals surface area contributed by atoms with Crippen LogP contribution in [0.5, 0.6) is 0 Å². The van der Waals surface area contributed by atoms with Gasteiger partial charge in [0.1, 0.15) is 6.04 Å². The van der Waals surface area contributed by atoms with Gasteiger partial charge in [-0.3, -0.25) is 4.79 Å². The van der Waals surface area contributed by atoms with Crippen molar-refractivity contribution in [3.8, 4) is 0 Å². The Balaban J connectivity index is 1.56. The third-order valence-corrected chi connectivity index (χ3v) is 4.81. The summed E-state index contributed by atoms with van der Waals surface area (Å²) in [5.41, 5.74) is 2.24. The molecule has 0 bridgehead atoms. The van der Waals surface area contributed by atoms with Crippen LogP contribution in [-0.4, -0.2) is 40.5 Å². The molecule has 2 atom stereocenters. The lowest BCUT2D eigenvalue weighted by molar-refractivity contribution is -0.148. The number of carbonyl (C=O) groups is 2. The fourth-order valence-corrected chi connectivity index (χ4v) is 3.39. The fraction of sp³-hybridized carbons (Fsp3) is 0.333. The van der Waals surface area contributed by atoms with Gasteiger partial charge in [-0.05, 0) is 24.0 Å². The van der Waals surface area contributed by atoms with Gasteiger partial charge in [0.15, 0.2) is 0 Å². The highest BCUT2D eigenvalue weighted by molar-refractivity contribution is 5.84. The van der Waals surface area contributed by atoms with Crippen LogP contribution >= 0.6 is 0 Å². The standard InChI is InChI=1S/C21H24N2O3/c24-20(12-11-16-7-3-1-4-8-16)23-15-18(13-19(23)21(25)26)22-14-17-9-5-2-6-10-17/h1-10,18-19,22H,11-15H2,(H,25,26)/t18-,19+/m1/s1. The minimum Gasteiger partial charge on any atom is -0.480 e. The molecule has 0 saturated carbocycles. The maximum atomic E-state index is 12.6. The molecule has 5 heteroatoms. The van der Waals surface area contributed by atoms with Gasteiger partial charge in [0.2, 0.25) is 5.91 Å². The number of rotatable bonds is 7. The van der Waals surface area contributed by atoms with E-state index in [0.29, 0.717) is 32.4 Å². The Hall–Kier alpha value is -2.66. The van der Waals surface area contributed by atoms with E-state index in [9.17, 15) is 14.7 Å². The molecule has 1 heterocycles. The lowest BCUT2D eigenvalue weighted by atomic mass is 10.1. The quantitative estimate of drug-likeness (QED) is 0.803. The molecule has 0 aliphatic carbocycles. The maximum Gasteiger partial charge on any atom is 0.326 e. The van der Waals surface area contributed by atoms with E-state index in [-0.39, 0.29) is 11.9 Å². The van der Waals surface area contributed by atoms with E-state index in [4.69, 9.17) is 0 Å². The van der Waals surface area contributed by atoms with Crippen LogP contribution in [0.4, 0.5) is 0 Å². The summed E-state index contributed by atoms with van der Waals surface area (Å²) in [6.45, 7) is 1.11. The normalized spacial score (nSPS) is 19.5. The Kier molecular flexibility index (Phi) is 6.02. The number of carboxylic acid groups (broad SMARTS) is 1. The van der Waals surface area contributed by atoms with Crippen LogP contribution in [0.25, 0.3) is 0 Å². The van der Waals surface area contributed by atoms with Crippen molar-refractivity contribution in [1.29, 1.82) is 0 Å². The number of carboxylic acids is 1. The summed E-state index contributed by atoms with van der Waals surface area (Å²) in [6.07, 6.45) is 1.41. The first kappa shape index (κ1) is 18.1. The molecular formula is C21H24N2O3. The van der Waals surface area contributed by atoms with Crippen LogP contribution in [-0.2, 0) is 22.6 Å². The number of likely N-dealkylation sites (tertiary alicyclic amines) is 1. The summed E-state index contributed by atoms with van der Waals surface area (Å²) in [5, 5.41) is 12.9. The van der Waals surface area contributed by atoms with Gasteiger partial charge in [-0.15, -0.1) is 0 Å². The van der Waals surface area contributed by atoms with Crippen molar-refractivity contribution < 1.29 is 14.7 Å². The van der Waals surface area contributed by atoms with E-state index in [1.807, 2.05) is 60.7 Å². The van der Waals surface area contributed by atoms with E-state index in [1.165, 1.54) is 4.90 Å². The van der Waals surface area contributed by atoms with Crippen molar-refractivity contribution in [2.45, 2.75) is 37.9 Å². The van der Waals surface area contributed by atoms with Gasteiger partial charge < -0.3 is 15.3 Å². The molecule has 1 fully saturated rings. The molecule has 2 aromatic rings. The Morgan fingerprint density at radius 3 is 2.23 bits per heavy atom. The Morgan fingerprint density at radius 1 is 1.00 bits per heavy atom. The SMILES string of the molecule is O=C(O)[C@@H]1C[C@@H](NCc2ccccc2)CN1C(=O)CCc1ccccc1. The van der Waals surface area contributed by atoms with E-state index in [0.717, 1.165) is 11.1 Å². The van der Waals surface area contributed by atoms with Gasteiger partial charge in [-0.2, -0.15) is 0 Å². The largest absolute Gasteiger partial charge is 0.480 e. The van der Waals surface area contributed by atoms with Crippen LogP contribution in [0.1, 0.15) is 24.0 Å². The lowest BCUT2D eigenvalue weighted by Gasteiger charge is -2.21. The lowest BCUT2D eigenvalue weighted by Crippen LogP contribution is -2.41. The summed E-state index contributed by atoms with van der Waals surface area (Å²) >= 11 is 0. The maximum absolute atomic E-state index is 12.6. The molecule has 26 heavy (non-hydrogen) atoms. The first-order valence-corrected chi connectivity index (χ1v) is 8.97.